The molecule has 0 aromatic heterocycles. The second kappa shape index (κ2) is 7.66. The van der Waals surface area contributed by atoms with E-state index in [4.69, 9.17) is 4.74 Å². The van der Waals surface area contributed by atoms with Crippen LogP contribution in [0.3, 0.4) is 0 Å². The first-order chi connectivity index (χ1) is 13.0. The van der Waals surface area contributed by atoms with Crippen molar-refractivity contribution in [2.75, 3.05) is 0 Å². The lowest BCUT2D eigenvalue weighted by atomic mass is 9.76. The number of fused-ring (bicyclic) bond motifs is 2. The van der Waals surface area contributed by atoms with Gasteiger partial charge in [0.1, 0.15) is 5.60 Å². The maximum atomic E-state index is 13.3. The highest BCUT2D eigenvalue weighted by molar-refractivity contribution is 6.88. The van der Waals surface area contributed by atoms with E-state index in [1.165, 1.54) is 5.19 Å². The van der Waals surface area contributed by atoms with Gasteiger partial charge in [-0.15, -0.1) is 0 Å². The van der Waals surface area contributed by atoms with Crippen LogP contribution in [-0.2, 0) is 4.74 Å². The molecule has 0 N–H and O–H groups in total. The first-order valence-corrected chi connectivity index (χ1v) is 14.1. The number of ether oxygens (including phenoxy) is 1. The van der Waals surface area contributed by atoms with Crippen LogP contribution in [0.4, 0.5) is 4.79 Å². The molecule has 2 aliphatic heterocycles. The molecule has 4 nitrogen and oxygen atoms in total. The van der Waals surface area contributed by atoms with Crippen molar-refractivity contribution in [1.82, 2.24) is 4.90 Å². The van der Waals surface area contributed by atoms with Gasteiger partial charge in [-0.2, -0.15) is 0 Å². The van der Waals surface area contributed by atoms with E-state index in [-0.39, 0.29) is 29.9 Å². The van der Waals surface area contributed by atoms with Gasteiger partial charge in [-0.3, -0.25) is 4.79 Å². The van der Waals surface area contributed by atoms with Gasteiger partial charge in [0.05, 0.1) is 8.07 Å². The highest BCUT2D eigenvalue weighted by Crippen LogP contribution is 2.39. The summed E-state index contributed by atoms with van der Waals surface area (Å²) in [5.74, 6) is 0.256. The lowest BCUT2D eigenvalue weighted by molar-refractivity contribution is -0.0260. The summed E-state index contributed by atoms with van der Waals surface area (Å²) in [5.41, 5.74) is 0.351. The van der Waals surface area contributed by atoms with Gasteiger partial charge in [0.15, 0.2) is 5.78 Å². The van der Waals surface area contributed by atoms with Crippen LogP contribution in [-0.4, -0.2) is 42.5 Å². The molecule has 0 spiro atoms. The van der Waals surface area contributed by atoms with E-state index in [1.807, 2.05) is 37.8 Å². The van der Waals surface area contributed by atoms with Crippen LogP contribution < -0.4 is 5.19 Å². The summed E-state index contributed by atoms with van der Waals surface area (Å²) in [6, 6.07) is 8.50. The molecule has 5 heteroatoms. The highest BCUT2D eigenvalue weighted by atomic mass is 28.3. The van der Waals surface area contributed by atoms with Gasteiger partial charge in [0.25, 0.3) is 0 Å². The summed E-state index contributed by atoms with van der Waals surface area (Å²) >= 11 is 0. The maximum absolute atomic E-state index is 13.3. The van der Waals surface area contributed by atoms with E-state index in [1.54, 1.807) is 0 Å². The molecule has 154 valence electrons. The van der Waals surface area contributed by atoms with E-state index in [0.29, 0.717) is 0 Å². The molecule has 0 radical (unpaired) electrons. The fraction of sp³-hybridized carbons (Fsp3) is 0.652. The molecule has 0 aliphatic carbocycles. The largest absolute Gasteiger partial charge is 0.444 e. The number of benzene rings is 1. The summed E-state index contributed by atoms with van der Waals surface area (Å²) in [6.45, 7) is 12.6. The molecule has 2 bridgehead atoms. The predicted molar refractivity (Wildman–Crippen MR) is 116 cm³/mol. The van der Waals surface area contributed by atoms with E-state index in [2.05, 4.69) is 31.8 Å². The Morgan fingerprint density at radius 2 is 1.68 bits per heavy atom. The van der Waals surface area contributed by atoms with Gasteiger partial charge in [0.2, 0.25) is 0 Å². The average Bonchev–Trinajstić information content (AvgIpc) is 2.57. The Balaban J connectivity index is 1.77. The topological polar surface area (TPSA) is 46.6 Å². The van der Waals surface area contributed by atoms with Crippen molar-refractivity contribution in [2.45, 2.75) is 90.2 Å². The van der Waals surface area contributed by atoms with Gasteiger partial charge in [-0.05, 0) is 52.9 Å². The molecule has 2 unspecified atom stereocenters. The minimum atomic E-state index is -1.45. The zero-order chi connectivity index (χ0) is 20.7. The summed E-state index contributed by atoms with van der Waals surface area (Å²) in [5, 5.41) is 1.32. The minimum Gasteiger partial charge on any atom is -0.444 e. The molecule has 2 aliphatic rings. The van der Waals surface area contributed by atoms with E-state index < -0.39 is 13.7 Å². The molecule has 1 aromatic carbocycles. The van der Waals surface area contributed by atoms with Crippen LogP contribution >= 0.6 is 0 Å². The quantitative estimate of drug-likeness (QED) is 0.530. The standard InChI is InChI=1S/C23H35NO3Si/c1-23(2,3)27-22(26)24-18-10-8-11-19(24)14-17(13-18)21(25)16-9-7-12-20(15-16)28(4,5)6/h7,9,12,15,17-19H,8,10-11,13-14H2,1-6H3. The van der Waals surface area contributed by atoms with Gasteiger partial charge in [0, 0.05) is 23.6 Å². The van der Waals surface area contributed by atoms with Crippen molar-refractivity contribution < 1.29 is 14.3 Å². The van der Waals surface area contributed by atoms with E-state index in [9.17, 15) is 9.59 Å². The molecule has 1 aromatic rings. The van der Waals surface area contributed by atoms with E-state index in [0.717, 1.165) is 37.7 Å². The Labute approximate surface area is 170 Å². The van der Waals surface area contributed by atoms with Gasteiger partial charge in [-0.1, -0.05) is 49.1 Å². The average molecular weight is 402 g/mol. The van der Waals surface area contributed by atoms with Crippen LogP contribution in [0.15, 0.2) is 24.3 Å². The van der Waals surface area contributed by atoms with Crippen LogP contribution in [0.1, 0.15) is 63.2 Å². The number of rotatable bonds is 3. The molecule has 3 rings (SSSR count). The first-order valence-electron chi connectivity index (χ1n) is 10.6. The molecule has 2 fully saturated rings. The Morgan fingerprint density at radius 1 is 1.07 bits per heavy atom. The van der Waals surface area contributed by atoms with Crippen molar-refractivity contribution in [3.05, 3.63) is 29.8 Å². The Morgan fingerprint density at radius 3 is 2.21 bits per heavy atom. The minimum absolute atomic E-state index is 0.00544. The fourth-order valence-corrected chi connectivity index (χ4v) is 5.77. The third-order valence-electron chi connectivity index (χ3n) is 5.96. The SMILES string of the molecule is CC(C)(C)OC(=O)N1C2CCCC1CC(C(=O)c1cccc([Si](C)(C)C)c1)C2. The van der Waals surface area contributed by atoms with Gasteiger partial charge < -0.3 is 9.64 Å². The number of nitrogens with zero attached hydrogens (tertiary/aromatic N) is 1. The highest BCUT2D eigenvalue weighted by Gasteiger charge is 2.44. The number of ketones is 1. The number of amides is 1. The Kier molecular flexibility index (Phi) is 5.77. The molecule has 0 saturated carbocycles. The van der Waals surface area contributed by atoms with Crippen LogP contribution in [0.2, 0.25) is 19.6 Å². The Hall–Kier alpha value is -1.62. The zero-order valence-corrected chi connectivity index (χ0v) is 19.2. The fourth-order valence-electron chi connectivity index (χ4n) is 4.58. The molecule has 28 heavy (non-hydrogen) atoms. The monoisotopic (exact) mass is 401 g/mol. The zero-order valence-electron chi connectivity index (χ0n) is 18.2. The number of piperidine rings is 2. The second-order valence-corrected chi connectivity index (χ2v) is 15.6. The smallest absolute Gasteiger partial charge is 0.410 e. The summed E-state index contributed by atoms with van der Waals surface area (Å²) in [6.07, 6.45) is 4.36. The molecule has 2 saturated heterocycles. The van der Waals surface area contributed by atoms with Gasteiger partial charge >= 0.3 is 6.09 Å². The normalized spacial score (nSPS) is 25.4. The van der Waals surface area contributed by atoms with Crippen molar-refractivity contribution in [3.63, 3.8) is 0 Å². The summed E-state index contributed by atoms with van der Waals surface area (Å²) in [4.78, 5) is 28.0. The Bertz CT molecular complexity index is 733. The van der Waals surface area contributed by atoms with Crippen molar-refractivity contribution >= 4 is 25.1 Å². The van der Waals surface area contributed by atoms with Crippen LogP contribution in [0.5, 0.6) is 0 Å². The van der Waals surface area contributed by atoms with Gasteiger partial charge in [-0.25, -0.2) is 4.79 Å². The van der Waals surface area contributed by atoms with Crippen LogP contribution in [0, 0.1) is 5.92 Å². The van der Waals surface area contributed by atoms with Crippen molar-refractivity contribution in [2.24, 2.45) is 5.92 Å². The predicted octanol–water partition coefficient (Wildman–Crippen LogP) is 4.98. The molecular formula is C23H35NO3Si. The van der Waals surface area contributed by atoms with Crippen molar-refractivity contribution in [1.29, 1.82) is 0 Å². The number of hydrogen-bond acceptors (Lipinski definition) is 3. The van der Waals surface area contributed by atoms with Crippen LogP contribution in [0.25, 0.3) is 0 Å². The number of carbonyl (C=O) groups is 2. The number of hydrogen-bond donors (Lipinski definition) is 0. The third-order valence-corrected chi connectivity index (χ3v) is 8.01. The third kappa shape index (κ3) is 4.68. The second-order valence-electron chi connectivity index (χ2n) is 10.5. The lowest BCUT2D eigenvalue weighted by Crippen LogP contribution is -2.56. The molecule has 1 amide bonds. The van der Waals surface area contributed by atoms with E-state index >= 15 is 0 Å². The first kappa shape index (κ1) is 21.1. The molecule has 2 atom stereocenters. The van der Waals surface area contributed by atoms with Crippen molar-refractivity contribution in [3.8, 4) is 0 Å². The number of Topliss-reactive ketones (excluding diaryl/α,β-unsaturated/α-hetero) is 1. The molecule has 2 heterocycles. The summed E-state index contributed by atoms with van der Waals surface area (Å²) < 4.78 is 5.65. The summed E-state index contributed by atoms with van der Waals surface area (Å²) in [7, 11) is -1.45. The molecular weight excluding hydrogens is 366 g/mol. The lowest BCUT2D eigenvalue weighted by Gasteiger charge is -2.48. The number of carbonyl (C=O) groups excluding carboxylic acids is 2. The maximum Gasteiger partial charge on any atom is 0.410 e.